The van der Waals surface area contributed by atoms with Gasteiger partial charge in [-0.25, -0.2) is 0 Å². The van der Waals surface area contributed by atoms with Crippen molar-refractivity contribution in [2.45, 2.75) is 13.1 Å². The number of hydrogen-bond donors (Lipinski definition) is 2. The molecule has 8 heteroatoms. The van der Waals surface area contributed by atoms with Crippen molar-refractivity contribution in [2.75, 3.05) is 43.9 Å². The smallest absolute Gasteiger partial charge is 0.282 e. The Morgan fingerprint density at radius 3 is 2.73 bits per heavy atom. The number of nitrogens with one attached hydrogen (secondary N) is 2. The Hall–Kier alpha value is -2.55. The van der Waals surface area contributed by atoms with Crippen molar-refractivity contribution < 1.29 is 14.3 Å². The lowest BCUT2D eigenvalue weighted by Crippen LogP contribution is -2.35. The summed E-state index contributed by atoms with van der Waals surface area (Å²) < 4.78 is 5.41. The summed E-state index contributed by atoms with van der Waals surface area (Å²) in [5, 5.41) is 3.07. The number of thioether (sulfide) groups is 1. The van der Waals surface area contributed by atoms with E-state index in [9.17, 15) is 9.59 Å². The molecule has 7 nitrogen and oxygen atoms in total. The third-order valence-corrected chi connectivity index (χ3v) is 6.55. The lowest BCUT2D eigenvalue weighted by molar-refractivity contribution is -0.110. The summed E-state index contributed by atoms with van der Waals surface area (Å²) in [6.07, 6.45) is 3.91. The second-order valence-electron chi connectivity index (χ2n) is 7.78. The van der Waals surface area contributed by atoms with Crippen LogP contribution < -0.4 is 5.32 Å². The zero-order valence-electron chi connectivity index (χ0n) is 16.6. The molecule has 0 radical (unpaired) electrons. The fraction of sp³-hybridized carbons (Fsp3) is 0.364. The average Bonchev–Trinajstić information content (AvgIpc) is 3.44. The first-order valence-electron chi connectivity index (χ1n) is 10.2. The van der Waals surface area contributed by atoms with Gasteiger partial charge in [-0.2, -0.15) is 0 Å². The van der Waals surface area contributed by atoms with E-state index in [1.165, 1.54) is 17.3 Å². The van der Waals surface area contributed by atoms with Gasteiger partial charge in [0.15, 0.2) is 0 Å². The molecule has 4 heterocycles. The minimum Gasteiger partial charge on any atom is -0.379 e. The summed E-state index contributed by atoms with van der Waals surface area (Å²) in [5.74, 6) is 0.744. The number of aromatic nitrogens is 1. The van der Waals surface area contributed by atoms with Gasteiger partial charge in [-0.15, -0.1) is 0 Å². The molecule has 0 saturated carbocycles. The van der Waals surface area contributed by atoms with Crippen LogP contribution in [0.3, 0.4) is 0 Å². The van der Waals surface area contributed by atoms with E-state index >= 15 is 0 Å². The highest BCUT2D eigenvalue weighted by atomic mass is 32.2. The third kappa shape index (κ3) is 4.03. The Balaban J connectivity index is 1.35. The van der Waals surface area contributed by atoms with Crippen molar-refractivity contribution in [3.63, 3.8) is 0 Å². The molecule has 2 fully saturated rings. The normalized spacial score (nSPS) is 20.8. The van der Waals surface area contributed by atoms with Crippen LogP contribution in [0.15, 0.2) is 30.5 Å². The summed E-state index contributed by atoms with van der Waals surface area (Å²) in [5.41, 5.74) is 5.49. The number of carbonyl (C=O) groups is 2. The van der Waals surface area contributed by atoms with Crippen LogP contribution in [-0.4, -0.2) is 64.5 Å². The molecule has 0 unspecified atom stereocenters. The number of aromatic amines is 1. The van der Waals surface area contributed by atoms with Crippen LogP contribution in [0.2, 0.25) is 0 Å². The predicted molar refractivity (Wildman–Crippen MR) is 118 cm³/mol. The standard InChI is InChI=1S/C22H24N4O3S/c27-21-19(11-17-9-16(12-23-17)13-25-3-6-29-7-4-25)18-10-15(1-2-20(18)24-21)14-26-5-8-30-22(26)28/h1-2,9-12,23H,3-8,13-14H2,(H,24,27)/b19-11-. The first-order chi connectivity index (χ1) is 14.7. The molecule has 2 aromatic rings. The number of H-pyrrole nitrogens is 1. The number of hydrogen-bond acceptors (Lipinski definition) is 5. The molecular weight excluding hydrogens is 400 g/mol. The quantitative estimate of drug-likeness (QED) is 0.722. The van der Waals surface area contributed by atoms with Gasteiger partial charge in [0, 0.05) is 61.6 Å². The van der Waals surface area contributed by atoms with Gasteiger partial charge in [0.25, 0.3) is 11.1 Å². The molecule has 5 rings (SSSR count). The Morgan fingerprint density at radius 2 is 1.93 bits per heavy atom. The highest BCUT2D eigenvalue weighted by Crippen LogP contribution is 2.34. The molecule has 3 aliphatic rings. The summed E-state index contributed by atoms with van der Waals surface area (Å²) >= 11 is 1.36. The summed E-state index contributed by atoms with van der Waals surface area (Å²) in [6.45, 7) is 5.67. The van der Waals surface area contributed by atoms with Crippen LogP contribution in [0, 0.1) is 0 Å². The fourth-order valence-electron chi connectivity index (χ4n) is 4.07. The van der Waals surface area contributed by atoms with Crippen molar-refractivity contribution in [3.05, 3.63) is 52.8 Å². The van der Waals surface area contributed by atoms with Crippen molar-refractivity contribution in [3.8, 4) is 0 Å². The summed E-state index contributed by atoms with van der Waals surface area (Å²) in [4.78, 5) is 32.0. The molecule has 3 aliphatic heterocycles. The molecular formula is C22H24N4O3S. The van der Waals surface area contributed by atoms with Gasteiger partial charge in [-0.1, -0.05) is 17.8 Å². The summed E-state index contributed by atoms with van der Waals surface area (Å²) in [6, 6.07) is 8.02. The topological polar surface area (TPSA) is 77.7 Å². The van der Waals surface area contributed by atoms with Gasteiger partial charge in [-0.3, -0.25) is 14.5 Å². The lowest BCUT2D eigenvalue weighted by atomic mass is 10.0. The number of morpholine rings is 1. The van der Waals surface area contributed by atoms with E-state index in [4.69, 9.17) is 4.74 Å². The first-order valence-corrected chi connectivity index (χ1v) is 11.2. The molecule has 2 N–H and O–H groups in total. The van der Waals surface area contributed by atoms with Gasteiger partial charge in [-0.05, 0) is 35.4 Å². The largest absolute Gasteiger partial charge is 0.379 e. The van der Waals surface area contributed by atoms with E-state index in [2.05, 4.69) is 21.3 Å². The zero-order chi connectivity index (χ0) is 20.5. The van der Waals surface area contributed by atoms with Gasteiger partial charge < -0.3 is 19.9 Å². The van der Waals surface area contributed by atoms with Crippen molar-refractivity contribution in [1.82, 2.24) is 14.8 Å². The monoisotopic (exact) mass is 424 g/mol. The van der Waals surface area contributed by atoms with E-state index in [1.807, 2.05) is 35.4 Å². The molecule has 0 spiro atoms. The van der Waals surface area contributed by atoms with Crippen molar-refractivity contribution in [2.24, 2.45) is 0 Å². The number of rotatable bonds is 5. The molecule has 30 heavy (non-hydrogen) atoms. The number of anilines is 1. The van der Waals surface area contributed by atoms with Crippen molar-refractivity contribution in [1.29, 1.82) is 0 Å². The highest BCUT2D eigenvalue weighted by Gasteiger charge is 2.26. The maximum absolute atomic E-state index is 12.6. The lowest BCUT2D eigenvalue weighted by Gasteiger charge is -2.25. The third-order valence-electron chi connectivity index (χ3n) is 5.66. The number of benzene rings is 1. The van der Waals surface area contributed by atoms with Crippen LogP contribution in [0.4, 0.5) is 10.5 Å². The van der Waals surface area contributed by atoms with E-state index in [-0.39, 0.29) is 11.1 Å². The van der Waals surface area contributed by atoms with E-state index in [0.29, 0.717) is 12.1 Å². The number of fused-ring (bicyclic) bond motifs is 1. The van der Waals surface area contributed by atoms with Crippen LogP contribution >= 0.6 is 11.8 Å². The van der Waals surface area contributed by atoms with Crippen LogP contribution in [-0.2, 0) is 22.6 Å². The van der Waals surface area contributed by atoms with Gasteiger partial charge in [0.05, 0.1) is 18.8 Å². The molecule has 0 bridgehead atoms. The molecule has 156 valence electrons. The Labute approximate surface area is 179 Å². The van der Waals surface area contributed by atoms with Gasteiger partial charge in [0.1, 0.15) is 0 Å². The number of amides is 2. The maximum Gasteiger partial charge on any atom is 0.282 e. The van der Waals surface area contributed by atoms with Gasteiger partial charge >= 0.3 is 0 Å². The molecule has 1 aromatic heterocycles. The van der Waals surface area contributed by atoms with Crippen molar-refractivity contribution >= 4 is 40.2 Å². The van der Waals surface area contributed by atoms with Crippen LogP contribution in [0.25, 0.3) is 11.6 Å². The molecule has 0 atom stereocenters. The summed E-state index contributed by atoms with van der Waals surface area (Å²) in [7, 11) is 0. The minimum absolute atomic E-state index is 0.0979. The maximum atomic E-state index is 12.6. The molecule has 0 aliphatic carbocycles. The van der Waals surface area contributed by atoms with E-state index < -0.39 is 0 Å². The second-order valence-corrected chi connectivity index (χ2v) is 8.83. The minimum atomic E-state index is -0.0979. The number of ether oxygens (including phenoxy) is 1. The molecule has 1 aromatic carbocycles. The SMILES string of the molecule is O=C1Nc2ccc(CN3CCSC3=O)cc2/C1=C/c1cc(CN2CCOCC2)c[nH]1. The highest BCUT2D eigenvalue weighted by molar-refractivity contribution is 8.13. The number of carbonyl (C=O) groups excluding carboxylic acids is 2. The second kappa shape index (κ2) is 8.29. The number of nitrogens with zero attached hydrogens (tertiary/aromatic N) is 2. The van der Waals surface area contributed by atoms with Crippen LogP contribution in [0.5, 0.6) is 0 Å². The predicted octanol–water partition coefficient (Wildman–Crippen LogP) is 3.01. The van der Waals surface area contributed by atoms with E-state index in [0.717, 1.165) is 67.7 Å². The van der Waals surface area contributed by atoms with Gasteiger partial charge in [0.2, 0.25) is 0 Å². The Kier molecular flexibility index (Phi) is 5.37. The average molecular weight is 425 g/mol. The zero-order valence-corrected chi connectivity index (χ0v) is 17.5. The molecule has 2 saturated heterocycles. The fourth-order valence-corrected chi connectivity index (χ4v) is 4.90. The Morgan fingerprint density at radius 1 is 1.07 bits per heavy atom. The molecule has 2 amide bonds. The first kappa shape index (κ1) is 19.4. The van der Waals surface area contributed by atoms with Crippen LogP contribution in [0.1, 0.15) is 22.4 Å². The van der Waals surface area contributed by atoms with E-state index in [1.54, 1.807) is 0 Å². The Bertz CT molecular complexity index is 1010.